The molecule has 0 unspecified atom stereocenters. The second kappa shape index (κ2) is 5.38. The molecule has 0 aliphatic rings. The molecule has 2 heterocycles. The lowest BCUT2D eigenvalue weighted by Crippen LogP contribution is -2.11. The molecular formula is C21H18O3. The Balaban J connectivity index is 2.01. The Morgan fingerprint density at radius 2 is 1.67 bits per heavy atom. The van der Waals surface area contributed by atoms with E-state index in [-0.39, 0.29) is 5.63 Å². The fourth-order valence-electron chi connectivity index (χ4n) is 3.32. The van der Waals surface area contributed by atoms with Crippen LogP contribution in [-0.2, 0) is 6.42 Å². The first-order chi connectivity index (χ1) is 11.6. The standard InChI is InChI=1S/C21H18O3/c1-12-11-23-19-14(3)20-17(10-16(12)19)13(2)18(21(22)24-20)9-15-7-5-4-6-8-15/h4-8,10-11H,9H2,1-3H3. The van der Waals surface area contributed by atoms with Crippen molar-refractivity contribution in [1.82, 2.24) is 0 Å². The molecule has 0 amide bonds. The van der Waals surface area contributed by atoms with E-state index < -0.39 is 0 Å². The summed E-state index contributed by atoms with van der Waals surface area (Å²) in [7, 11) is 0. The molecule has 3 nitrogen and oxygen atoms in total. The van der Waals surface area contributed by atoms with Crippen molar-refractivity contribution in [2.45, 2.75) is 27.2 Å². The second-order valence-electron chi connectivity index (χ2n) is 6.33. The normalized spacial score (nSPS) is 11.5. The molecule has 0 aliphatic heterocycles. The molecule has 120 valence electrons. The van der Waals surface area contributed by atoms with E-state index in [0.717, 1.165) is 38.6 Å². The number of hydrogen-bond acceptors (Lipinski definition) is 3. The average Bonchev–Trinajstić information content (AvgIpc) is 2.95. The van der Waals surface area contributed by atoms with Gasteiger partial charge in [0.25, 0.3) is 0 Å². The maximum atomic E-state index is 12.6. The predicted molar refractivity (Wildman–Crippen MR) is 95.7 cm³/mol. The highest BCUT2D eigenvalue weighted by atomic mass is 16.4. The summed E-state index contributed by atoms with van der Waals surface area (Å²) < 4.78 is 11.3. The molecule has 0 saturated heterocycles. The molecule has 0 fully saturated rings. The first-order valence-electron chi connectivity index (χ1n) is 8.04. The van der Waals surface area contributed by atoms with Gasteiger partial charge in [-0.05, 0) is 43.5 Å². The van der Waals surface area contributed by atoms with Crippen LogP contribution in [-0.4, -0.2) is 0 Å². The van der Waals surface area contributed by atoms with Crippen LogP contribution in [0.25, 0.3) is 21.9 Å². The largest absolute Gasteiger partial charge is 0.464 e. The molecule has 24 heavy (non-hydrogen) atoms. The van der Waals surface area contributed by atoms with E-state index in [2.05, 4.69) is 6.07 Å². The van der Waals surface area contributed by atoms with E-state index >= 15 is 0 Å². The monoisotopic (exact) mass is 318 g/mol. The lowest BCUT2D eigenvalue weighted by Gasteiger charge is -2.10. The van der Waals surface area contributed by atoms with Gasteiger partial charge in [0.05, 0.1) is 6.26 Å². The highest BCUT2D eigenvalue weighted by molar-refractivity contribution is 5.99. The molecule has 4 aromatic rings. The third-order valence-corrected chi connectivity index (χ3v) is 4.76. The van der Waals surface area contributed by atoms with Crippen LogP contribution in [0, 0.1) is 20.8 Å². The molecular weight excluding hydrogens is 300 g/mol. The second-order valence-corrected chi connectivity index (χ2v) is 6.33. The van der Waals surface area contributed by atoms with Gasteiger partial charge in [-0.2, -0.15) is 0 Å². The van der Waals surface area contributed by atoms with Crippen molar-refractivity contribution in [1.29, 1.82) is 0 Å². The van der Waals surface area contributed by atoms with Crippen LogP contribution in [0.5, 0.6) is 0 Å². The quantitative estimate of drug-likeness (QED) is 0.485. The zero-order chi connectivity index (χ0) is 16.8. The fourth-order valence-corrected chi connectivity index (χ4v) is 3.32. The molecule has 0 bridgehead atoms. The molecule has 0 radical (unpaired) electrons. The van der Waals surface area contributed by atoms with Crippen molar-refractivity contribution in [3.05, 3.63) is 80.9 Å². The summed E-state index contributed by atoms with van der Waals surface area (Å²) in [4.78, 5) is 12.6. The van der Waals surface area contributed by atoms with Gasteiger partial charge in [0.2, 0.25) is 0 Å². The van der Waals surface area contributed by atoms with E-state index in [1.807, 2.05) is 51.1 Å². The van der Waals surface area contributed by atoms with Gasteiger partial charge in [0.15, 0.2) is 0 Å². The summed E-state index contributed by atoms with van der Waals surface area (Å²) in [5, 5.41) is 2.05. The zero-order valence-corrected chi connectivity index (χ0v) is 14.0. The molecule has 0 saturated carbocycles. The predicted octanol–water partition coefficient (Wildman–Crippen LogP) is 5.06. The van der Waals surface area contributed by atoms with Crippen LogP contribution in [0.15, 0.2) is 56.3 Å². The van der Waals surface area contributed by atoms with Crippen molar-refractivity contribution in [2.24, 2.45) is 0 Å². The Labute approximate surface area is 139 Å². The molecule has 2 aromatic carbocycles. The van der Waals surface area contributed by atoms with Crippen LogP contribution >= 0.6 is 0 Å². The number of aryl methyl sites for hydroxylation is 3. The third kappa shape index (κ3) is 2.16. The number of furan rings is 1. The summed E-state index contributed by atoms with van der Waals surface area (Å²) in [5.41, 5.74) is 5.91. The van der Waals surface area contributed by atoms with Crippen LogP contribution in [0.1, 0.15) is 27.8 Å². The minimum Gasteiger partial charge on any atom is -0.464 e. The summed E-state index contributed by atoms with van der Waals surface area (Å²) in [6.07, 6.45) is 2.32. The molecule has 0 aliphatic carbocycles. The number of benzene rings is 2. The Bertz CT molecular complexity index is 1110. The highest BCUT2D eigenvalue weighted by Crippen LogP contribution is 2.32. The van der Waals surface area contributed by atoms with E-state index in [0.29, 0.717) is 17.6 Å². The van der Waals surface area contributed by atoms with Crippen LogP contribution in [0.3, 0.4) is 0 Å². The lowest BCUT2D eigenvalue weighted by atomic mass is 9.97. The van der Waals surface area contributed by atoms with Crippen molar-refractivity contribution in [3.63, 3.8) is 0 Å². The Morgan fingerprint density at radius 3 is 2.42 bits per heavy atom. The van der Waals surface area contributed by atoms with E-state index in [4.69, 9.17) is 8.83 Å². The number of hydrogen-bond donors (Lipinski definition) is 0. The van der Waals surface area contributed by atoms with E-state index in [1.54, 1.807) is 6.26 Å². The summed E-state index contributed by atoms with van der Waals surface area (Å²) >= 11 is 0. The maximum Gasteiger partial charge on any atom is 0.340 e. The van der Waals surface area contributed by atoms with Gasteiger partial charge in [-0.15, -0.1) is 0 Å². The van der Waals surface area contributed by atoms with Crippen LogP contribution < -0.4 is 5.63 Å². The Kier molecular flexibility index (Phi) is 3.31. The van der Waals surface area contributed by atoms with E-state index in [1.165, 1.54) is 0 Å². The van der Waals surface area contributed by atoms with Gasteiger partial charge < -0.3 is 8.83 Å². The minimum atomic E-state index is -0.269. The van der Waals surface area contributed by atoms with Crippen molar-refractivity contribution < 1.29 is 8.83 Å². The molecule has 0 atom stereocenters. The number of rotatable bonds is 2. The Morgan fingerprint density at radius 1 is 0.917 bits per heavy atom. The van der Waals surface area contributed by atoms with Gasteiger partial charge in [0, 0.05) is 28.3 Å². The van der Waals surface area contributed by atoms with Crippen molar-refractivity contribution in [2.75, 3.05) is 0 Å². The van der Waals surface area contributed by atoms with Gasteiger partial charge in [0.1, 0.15) is 11.2 Å². The molecule has 0 N–H and O–H groups in total. The van der Waals surface area contributed by atoms with Gasteiger partial charge >= 0.3 is 5.63 Å². The van der Waals surface area contributed by atoms with Crippen LogP contribution in [0.2, 0.25) is 0 Å². The smallest absolute Gasteiger partial charge is 0.340 e. The molecule has 0 spiro atoms. The first kappa shape index (κ1) is 14.8. The van der Waals surface area contributed by atoms with Crippen LogP contribution in [0.4, 0.5) is 0 Å². The first-order valence-corrected chi connectivity index (χ1v) is 8.04. The lowest BCUT2D eigenvalue weighted by molar-refractivity contribution is 0.546. The van der Waals surface area contributed by atoms with Gasteiger partial charge in [-0.3, -0.25) is 0 Å². The SMILES string of the molecule is Cc1coc2c(C)c3oc(=O)c(Cc4ccccc4)c(C)c3cc12. The average molecular weight is 318 g/mol. The maximum absolute atomic E-state index is 12.6. The van der Waals surface area contributed by atoms with Crippen molar-refractivity contribution >= 4 is 21.9 Å². The molecule has 3 heteroatoms. The fraction of sp³-hybridized carbons (Fsp3) is 0.190. The van der Waals surface area contributed by atoms with Gasteiger partial charge in [-0.25, -0.2) is 4.79 Å². The minimum absolute atomic E-state index is 0.269. The van der Waals surface area contributed by atoms with Gasteiger partial charge in [-0.1, -0.05) is 30.3 Å². The Hall–Kier alpha value is -2.81. The summed E-state index contributed by atoms with van der Waals surface area (Å²) in [6, 6.07) is 12.1. The zero-order valence-electron chi connectivity index (χ0n) is 14.0. The van der Waals surface area contributed by atoms with E-state index in [9.17, 15) is 4.79 Å². The third-order valence-electron chi connectivity index (χ3n) is 4.76. The summed E-state index contributed by atoms with van der Waals surface area (Å²) in [5.74, 6) is 0. The molecule has 4 rings (SSSR count). The molecule has 2 aromatic heterocycles. The van der Waals surface area contributed by atoms with Crippen molar-refractivity contribution in [3.8, 4) is 0 Å². The highest BCUT2D eigenvalue weighted by Gasteiger charge is 2.17. The number of fused-ring (bicyclic) bond motifs is 2. The topological polar surface area (TPSA) is 43.4 Å². The summed E-state index contributed by atoms with van der Waals surface area (Å²) in [6.45, 7) is 5.96.